The summed E-state index contributed by atoms with van der Waals surface area (Å²) < 4.78 is 25.9. The molecule has 2 aromatic carbocycles. The lowest BCUT2D eigenvalue weighted by Gasteiger charge is -2.24. The molecule has 0 radical (unpaired) electrons. The van der Waals surface area contributed by atoms with E-state index in [2.05, 4.69) is 0 Å². The van der Waals surface area contributed by atoms with Crippen molar-refractivity contribution in [1.29, 1.82) is 0 Å². The summed E-state index contributed by atoms with van der Waals surface area (Å²) in [4.78, 5) is 27.2. The van der Waals surface area contributed by atoms with Gasteiger partial charge in [0.15, 0.2) is 0 Å². The highest BCUT2D eigenvalue weighted by Gasteiger charge is 2.47. The summed E-state index contributed by atoms with van der Waals surface area (Å²) in [5.74, 6) is -1.46. The number of hydrogen-bond acceptors (Lipinski definition) is 5. The van der Waals surface area contributed by atoms with Crippen molar-refractivity contribution in [2.75, 3.05) is 0 Å². The van der Waals surface area contributed by atoms with Crippen LogP contribution in [0.2, 0.25) is 0 Å². The minimum absolute atomic E-state index is 0.0136. The van der Waals surface area contributed by atoms with Gasteiger partial charge in [-0.2, -0.15) is 0 Å². The first-order valence-corrected chi connectivity index (χ1v) is 10.3. The van der Waals surface area contributed by atoms with E-state index in [1.54, 1.807) is 36.4 Å². The van der Waals surface area contributed by atoms with Crippen LogP contribution in [-0.2, 0) is 22.6 Å². The van der Waals surface area contributed by atoms with Gasteiger partial charge in [0.25, 0.3) is 11.7 Å². The van der Waals surface area contributed by atoms with Gasteiger partial charge in [0.1, 0.15) is 29.2 Å². The molecular formula is C25H20FNO5. The van der Waals surface area contributed by atoms with Crippen molar-refractivity contribution in [2.24, 2.45) is 0 Å². The Labute approximate surface area is 183 Å². The minimum Gasteiger partial charge on any atom is -0.507 e. The van der Waals surface area contributed by atoms with Crippen LogP contribution in [0.3, 0.4) is 0 Å². The molecule has 0 saturated carbocycles. The van der Waals surface area contributed by atoms with E-state index in [0.717, 1.165) is 11.3 Å². The summed E-state index contributed by atoms with van der Waals surface area (Å²) in [6.45, 7) is 1.90. The molecule has 1 saturated heterocycles. The molecule has 1 fully saturated rings. The number of fused-ring (bicyclic) bond motifs is 1. The molecule has 0 unspecified atom stereocenters. The lowest BCUT2D eigenvalue weighted by Crippen LogP contribution is -2.29. The zero-order valence-corrected chi connectivity index (χ0v) is 17.2. The number of aliphatic hydroxyl groups excluding tert-OH is 1. The maximum Gasteiger partial charge on any atom is 0.296 e. The third-order valence-electron chi connectivity index (χ3n) is 5.82. The molecule has 162 valence electrons. The molecule has 2 aliphatic rings. The number of ether oxygens (including phenoxy) is 1. The summed E-state index contributed by atoms with van der Waals surface area (Å²) >= 11 is 0. The molecule has 32 heavy (non-hydrogen) atoms. The third-order valence-corrected chi connectivity index (χ3v) is 5.82. The van der Waals surface area contributed by atoms with E-state index in [9.17, 15) is 19.1 Å². The number of furan rings is 1. The number of nitrogens with zero attached hydrogens (tertiary/aromatic N) is 1. The van der Waals surface area contributed by atoms with E-state index in [1.165, 1.54) is 29.4 Å². The highest BCUT2D eigenvalue weighted by atomic mass is 19.1. The number of hydrogen-bond donors (Lipinski definition) is 1. The van der Waals surface area contributed by atoms with Gasteiger partial charge in [-0.15, -0.1) is 0 Å². The quantitative estimate of drug-likeness (QED) is 0.376. The number of benzene rings is 2. The van der Waals surface area contributed by atoms with Crippen molar-refractivity contribution in [3.8, 4) is 5.75 Å². The molecule has 3 heterocycles. The van der Waals surface area contributed by atoms with Gasteiger partial charge in [-0.3, -0.25) is 9.59 Å². The first kappa shape index (κ1) is 20.1. The SMILES string of the molecule is C[C@@H]1Cc2cc(/C(O)=C3\C(=O)C(=O)N(Cc4ccco4)[C@H]3c3ccccc3F)ccc2O1. The second-order valence-electron chi connectivity index (χ2n) is 7.98. The monoisotopic (exact) mass is 433 g/mol. The van der Waals surface area contributed by atoms with Gasteiger partial charge in [-0.25, -0.2) is 4.39 Å². The average Bonchev–Trinajstić information content (AvgIpc) is 3.48. The van der Waals surface area contributed by atoms with Gasteiger partial charge < -0.3 is 19.2 Å². The Morgan fingerprint density at radius 1 is 1.16 bits per heavy atom. The van der Waals surface area contributed by atoms with Crippen LogP contribution in [0.1, 0.15) is 35.4 Å². The average molecular weight is 433 g/mol. The van der Waals surface area contributed by atoms with E-state index in [4.69, 9.17) is 9.15 Å². The van der Waals surface area contributed by atoms with Gasteiger partial charge in [-0.1, -0.05) is 18.2 Å². The van der Waals surface area contributed by atoms with Crippen molar-refractivity contribution in [2.45, 2.75) is 32.0 Å². The molecule has 2 aliphatic heterocycles. The predicted octanol–water partition coefficient (Wildman–Crippen LogP) is 4.36. The van der Waals surface area contributed by atoms with E-state index in [1.807, 2.05) is 6.92 Å². The molecule has 6 nitrogen and oxygen atoms in total. The molecule has 1 aromatic heterocycles. The Kier molecular flexibility index (Phi) is 4.81. The highest BCUT2D eigenvalue weighted by molar-refractivity contribution is 6.46. The van der Waals surface area contributed by atoms with Crippen LogP contribution >= 0.6 is 0 Å². The number of rotatable bonds is 4. The number of Topliss-reactive ketones (excluding diaryl/α,β-unsaturated/α-hetero) is 1. The van der Waals surface area contributed by atoms with E-state index in [0.29, 0.717) is 17.7 Å². The highest BCUT2D eigenvalue weighted by Crippen LogP contribution is 2.42. The summed E-state index contributed by atoms with van der Waals surface area (Å²) in [6, 6.07) is 13.3. The van der Waals surface area contributed by atoms with Gasteiger partial charge in [0.2, 0.25) is 0 Å². The van der Waals surface area contributed by atoms with Crippen LogP contribution in [0, 0.1) is 5.82 Å². The van der Waals surface area contributed by atoms with Gasteiger partial charge >= 0.3 is 0 Å². The Bertz CT molecular complexity index is 1250. The molecule has 7 heteroatoms. The number of likely N-dealkylation sites (tertiary alicyclic amines) is 1. The summed E-state index contributed by atoms with van der Waals surface area (Å²) in [5, 5.41) is 11.2. The van der Waals surface area contributed by atoms with Gasteiger partial charge in [0.05, 0.1) is 24.4 Å². The maximum absolute atomic E-state index is 14.8. The number of amides is 1. The Morgan fingerprint density at radius 2 is 1.97 bits per heavy atom. The number of carbonyl (C=O) groups is 2. The van der Waals surface area contributed by atoms with Crippen molar-refractivity contribution < 1.29 is 28.2 Å². The minimum atomic E-state index is -1.09. The van der Waals surface area contributed by atoms with Crippen LogP contribution in [-0.4, -0.2) is 27.8 Å². The molecule has 0 aliphatic carbocycles. The van der Waals surface area contributed by atoms with Crippen molar-refractivity contribution in [3.05, 3.63) is 94.7 Å². The zero-order valence-electron chi connectivity index (χ0n) is 17.2. The number of carbonyl (C=O) groups excluding carboxylic acids is 2. The van der Waals surface area contributed by atoms with Crippen LogP contribution in [0.15, 0.2) is 70.9 Å². The van der Waals surface area contributed by atoms with Crippen LogP contribution in [0.5, 0.6) is 5.75 Å². The molecule has 0 spiro atoms. The lowest BCUT2D eigenvalue weighted by molar-refractivity contribution is -0.140. The van der Waals surface area contributed by atoms with Crippen LogP contribution < -0.4 is 4.74 Å². The Morgan fingerprint density at radius 3 is 2.72 bits per heavy atom. The van der Waals surface area contributed by atoms with Gasteiger partial charge in [0, 0.05) is 17.5 Å². The standard InChI is InChI=1S/C25H20FNO5/c1-14-11-16-12-15(8-9-20(16)32-14)23(28)21-22(18-6-2-3-7-19(18)26)27(25(30)24(21)29)13-17-5-4-10-31-17/h2-10,12,14,22,28H,11,13H2,1H3/b23-21+/t14-,22+/m1/s1. The number of halogens is 1. The number of ketones is 1. The second kappa shape index (κ2) is 7.67. The predicted molar refractivity (Wildman–Crippen MR) is 113 cm³/mol. The maximum atomic E-state index is 14.8. The Hall–Kier alpha value is -3.87. The fraction of sp³-hybridized carbons (Fsp3) is 0.200. The normalized spacial score (nSPS) is 21.6. The first-order chi connectivity index (χ1) is 15.4. The number of aliphatic hydroxyl groups is 1. The van der Waals surface area contributed by atoms with E-state index < -0.39 is 23.5 Å². The van der Waals surface area contributed by atoms with E-state index in [-0.39, 0.29) is 29.5 Å². The van der Waals surface area contributed by atoms with Gasteiger partial charge in [-0.05, 0) is 48.9 Å². The third kappa shape index (κ3) is 3.26. The molecular weight excluding hydrogens is 413 g/mol. The van der Waals surface area contributed by atoms with E-state index >= 15 is 0 Å². The lowest BCUT2D eigenvalue weighted by atomic mass is 9.94. The smallest absolute Gasteiger partial charge is 0.296 e. The largest absolute Gasteiger partial charge is 0.507 e. The molecule has 1 N–H and O–H groups in total. The van der Waals surface area contributed by atoms with Crippen LogP contribution in [0.25, 0.3) is 5.76 Å². The van der Waals surface area contributed by atoms with Crippen LogP contribution in [0.4, 0.5) is 4.39 Å². The fourth-order valence-electron chi connectivity index (χ4n) is 4.36. The molecule has 5 rings (SSSR count). The summed E-state index contributed by atoms with van der Waals surface area (Å²) in [5.41, 5.74) is 1.24. The summed E-state index contributed by atoms with van der Waals surface area (Å²) in [6.07, 6.45) is 2.14. The van der Waals surface area contributed by atoms with Crippen molar-refractivity contribution in [3.63, 3.8) is 0 Å². The summed E-state index contributed by atoms with van der Waals surface area (Å²) in [7, 11) is 0. The molecule has 2 atom stereocenters. The molecule has 1 amide bonds. The fourth-order valence-corrected chi connectivity index (χ4v) is 4.36. The van der Waals surface area contributed by atoms with Crippen molar-refractivity contribution >= 4 is 17.4 Å². The molecule has 0 bridgehead atoms. The second-order valence-corrected chi connectivity index (χ2v) is 7.98. The van der Waals surface area contributed by atoms with Crippen molar-refractivity contribution in [1.82, 2.24) is 4.90 Å². The first-order valence-electron chi connectivity index (χ1n) is 10.3. The molecule has 3 aromatic rings. The zero-order chi connectivity index (χ0) is 22.4. The topological polar surface area (TPSA) is 80.0 Å². The Balaban J connectivity index is 1.65.